The topological polar surface area (TPSA) is 0 Å². The highest BCUT2D eigenvalue weighted by Crippen LogP contribution is 2.21. The number of hydrogen-bond donors (Lipinski definition) is 0. The summed E-state index contributed by atoms with van der Waals surface area (Å²) in [7, 11) is 0. The predicted molar refractivity (Wildman–Crippen MR) is 94.3 cm³/mol. The molecule has 0 aliphatic rings. The summed E-state index contributed by atoms with van der Waals surface area (Å²) in [5, 5.41) is 0. The number of allylic oxidation sites excluding steroid dienone is 2. The van der Waals surface area contributed by atoms with Gasteiger partial charge in [0.05, 0.1) is 0 Å². The molecule has 1 atom stereocenters. The Kier molecular flexibility index (Phi) is 14.9. The molecule has 0 saturated carbocycles. The number of rotatable bonds is 14. The molecule has 0 amide bonds. The molecule has 0 aromatic carbocycles. The minimum atomic E-state index is 0.931. The summed E-state index contributed by atoms with van der Waals surface area (Å²) in [4.78, 5) is 0. The largest absolute Gasteiger partial charge is 0.0856 e. The van der Waals surface area contributed by atoms with Gasteiger partial charge in [-0.15, -0.1) is 0 Å². The van der Waals surface area contributed by atoms with Crippen LogP contribution in [0.3, 0.4) is 0 Å². The number of unbranched alkanes of at least 4 members (excludes halogenated alkanes) is 8. The fraction of sp³-hybridized carbons (Fsp3) is 0.900. The lowest BCUT2D eigenvalue weighted by Gasteiger charge is -2.14. The van der Waals surface area contributed by atoms with Crippen LogP contribution in [0.4, 0.5) is 0 Å². The second-order valence-electron chi connectivity index (χ2n) is 6.58. The van der Waals surface area contributed by atoms with Crippen LogP contribution in [0, 0.1) is 5.92 Å². The molecule has 120 valence electrons. The van der Waals surface area contributed by atoms with Gasteiger partial charge in [0.1, 0.15) is 0 Å². The van der Waals surface area contributed by atoms with E-state index in [9.17, 15) is 0 Å². The third-order valence-electron chi connectivity index (χ3n) is 4.45. The summed E-state index contributed by atoms with van der Waals surface area (Å²) in [6.07, 6.45) is 20.6. The van der Waals surface area contributed by atoms with Crippen molar-refractivity contribution in [2.24, 2.45) is 5.92 Å². The molecule has 0 nitrogen and oxygen atoms in total. The minimum Gasteiger partial charge on any atom is -0.0856 e. The van der Waals surface area contributed by atoms with E-state index in [4.69, 9.17) is 0 Å². The average molecular weight is 281 g/mol. The van der Waals surface area contributed by atoms with Gasteiger partial charge in [-0.2, -0.15) is 0 Å². The van der Waals surface area contributed by atoms with E-state index in [0.717, 1.165) is 5.92 Å². The molecule has 0 N–H and O–H groups in total. The molecule has 0 aliphatic heterocycles. The van der Waals surface area contributed by atoms with Crippen LogP contribution in [-0.4, -0.2) is 0 Å². The first-order valence-corrected chi connectivity index (χ1v) is 9.40. The van der Waals surface area contributed by atoms with E-state index in [2.05, 4.69) is 33.8 Å². The Morgan fingerprint density at radius 2 is 1.40 bits per heavy atom. The van der Waals surface area contributed by atoms with Crippen LogP contribution in [0.5, 0.6) is 0 Å². The van der Waals surface area contributed by atoms with Crippen LogP contribution in [0.25, 0.3) is 0 Å². The van der Waals surface area contributed by atoms with Crippen molar-refractivity contribution in [1.29, 1.82) is 0 Å². The van der Waals surface area contributed by atoms with Crippen molar-refractivity contribution in [3.8, 4) is 0 Å². The molecule has 0 fully saturated rings. The van der Waals surface area contributed by atoms with E-state index in [1.807, 2.05) is 0 Å². The lowest BCUT2D eigenvalue weighted by atomic mass is 9.92. The highest BCUT2D eigenvalue weighted by atomic mass is 14.1. The summed E-state index contributed by atoms with van der Waals surface area (Å²) in [5.74, 6) is 0.931. The Balaban J connectivity index is 3.58. The van der Waals surface area contributed by atoms with Crippen molar-refractivity contribution in [3.63, 3.8) is 0 Å². The maximum atomic E-state index is 2.51. The van der Waals surface area contributed by atoms with Gasteiger partial charge in [-0.1, -0.05) is 96.6 Å². The molecule has 0 aliphatic carbocycles. The van der Waals surface area contributed by atoms with Crippen LogP contribution in [0.1, 0.15) is 111 Å². The molecular formula is C20H40. The van der Waals surface area contributed by atoms with Gasteiger partial charge in [-0.25, -0.2) is 0 Å². The van der Waals surface area contributed by atoms with Crippen molar-refractivity contribution in [3.05, 3.63) is 11.6 Å². The Morgan fingerprint density at radius 3 is 2.00 bits per heavy atom. The van der Waals surface area contributed by atoms with Crippen molar-refractivity contribution in [2.45, 2.75) is 111 Å². The fourth-order valence-corrected chi connectivity index (χ4v) is 2.93. The lowest BCUT2D eigenvalue weighted by molar-refractivity contribution is 0.447. The van der Waals surface area contributed by atoms with E-state index in [0.29, 0.717) is 0 Å². The van der Waals surface area contributed by atoms with Crippen molar-refractivity contribution >= 4 is 0 Å². The minimum absolute atomic E-state index is 0.931. The summed E-state index contributed by atoms with van der Waals surface area (Å²) in [6, 6.07) is 0. The molecule has 0 aromatic rings. The molecule has 0 radical (unpaired) electrons. The SMILES string of the molecule is CCCCCCCCCC=C(C)CC(CC)CCCC. The van der Waals surface area contributed by atoms with Gasteiger partial charge in [-0.05, 0) is 32.1 Å². The van der Waals surface area contributed by atoms with Crippen molar-refractivity contribution < 1.29 is 0 Å². The summed E-state index contributed by atoms with van der Waals surface area (Å²) in [5.41, 5.74) is 1.64. The Morgan fingerprint density at radius 1 is 0.800 bits per heavy atom. The predicted octanol–water partition coefficient (Wildman–Crippen LogP) is 7.68. The van der Waals surface area contributed by atoms with E-state index >= 15 is 0 Å². The number of hydrogen-bond acceptors (Lipinski definition) is 0. The van der Waals surface area contributed by atoms with E-state index in [1.165, 1.54) is 83.5 Å². The summed E-state index contributed by atoms with van der Waals surface area (Å²) < 4.78 is 0. The monoisotopic (exact) mass is 280 g/mol. The van der Waals surface area contributed by atoms with Crippen LogP contribution < -0.4 is 0 Å². The molecular weight excluding hydrogens is 240 g/mol. The lowest BCUT2D eigenvalue weighted by Crippen LogP contribution is -1.99. The Labute approximate surface area is 129 Å². The van der Waals surface area contributed by atoms with Crippen molar-refractivity contribution in [2.75, 3.05) is 0 Å². The quantitative estimate of drug-likeness (QED) is 0.226. The molecule has 1 unspecified atom stereocenters. The first-order chi connectivity index (χ1) is 9.74. The van der Waals surface area contributed by atoms with E-state index < -0.39 is 0 Å². The molecule has 20 heavy (non-hydrogen) atoms. The zero-order valence-corrected chi connectivity index (χ0v) is 14.8. The maximum Gasteiger partial charge on any atom is -0.0295 e. The Bertz CT molecular complexity index is 214. The molecule has 0 spiro atoms. The first-order valence-electron chi connectivity index (χ1n) is 9.40. The summed E-state index contributed by atoms with van der Waals surface area (Å²) in [6.45, 7) is 9.29. The molecule has 0 heterocycles. The average Bonchev–Trinajstić information content (AvgIpc) is 2.46. The second-order valence-corrected chi connectivity index (χ2v) is 6.58. The first kappa shape index (κ1) is 19.7. The van der Waals surface area contributed by atoms with Gasteiger partial charge >= 0.3 is 0 Å². The van der Waals surface area contributed by atoms with Crippen LogP contribution in [0.2, 0.25) is 0 Å². The van der Waals surface area contributed by atoms with Gasteiger partial charge in [-0.3, -0.25) is 0 Å². The van der Waals surface area contributed by atoms with Crippen molar-refractivity contribution in [1.82, 2.24) is 0 Å². The van der Waals surface area contributed by atoms with Gasteiger partial charge in [0, 0.05) is 0 Å². The van der Waals surface area contributed by atoms with Gasteiger partial charge in [0.15, 0.2) is 0 Å². The molecule has 0 saturated heterocycles. The molecule has 0 rings (SSSR count). The third-order valence-corrected chi connectivity index (χ3v) is 4.45. The summed E-state index contributed by atoms with van der Waals surface area (Å²) >= 11 is 0. The highest BCUT2D eigenvalue weighted by molar-refractivity contribution is 4.99. The van der Waals surface area contributed by atoms with Gasteiger partial charge in [0.25, 0.3) is 0 Å². The standard InChI is InChI=1S/C20H40/c1-5-8-10-11-12-13-14-15-16-19(4)18-20(7-3)17-9-6-2/h16,20H,5-15,17-18H2,1-4H3. The van der Waals surface area contributed by atoms with E-state index in [-0.39, 0.29) is 0 Å². The maximum absolute atomic E-state index is 2.51. The van der Waals surface area contributed by atoms with E-state index in [1.54, 1.807) is 5.57 Å². The fourth-order valence-electron chi connectivity index (χ4n) is 2.93. The van der Waals surface area contributed by atoms with Gasteiger partial charge in [0.2, 0.25) is 0 Å². The van der Waals surface area contributed by atoms with Crippen LogP contribution >= 0.6 is 0 Å². The Hall–Kier alpha value is -0.260. The zero-order chi connectivity index (χ0) is 15.1. The smallest absolute Gasteiger partial charge is 0.0295 e. The van der Waals surface area contributed by atoms with Gasteiger partial charge < -0.3 is 0 Å². The molecule has 0 heteroatoms. The third kappa shape index (κ3) is 12.8. The second kappa shape index (κ2) is 15.1. The zero-order valence-electron chi connectivity index (χ0n) is 14.8. The normalized spacial score (nSPS) is 13.7. The van der Waals surface area contributed by atoms with Crippen LogP contribution in [-0.2, 0) is 0 Å². The van der Waals surface area contributed by atoms with Crippen LogP contribution in [0.15, 0.2) is 11.6 Å². The highest BCUT2D eigenvalue weighted by Gasteiger charge is 2.06. The molecule has 0 bridgehead atoms. The molecule has 0 aromatic heterocycles.